The van der Waals surface area contributed by atoms with Crippen molar-refractivity contribution in [2.75, 3.05) is 30.3 Å². The number of rotatable bonds is 7. The molecule has 2 aromatic heterocycles. The molecule has 1 N–H and O–H groups in total. The molecule has 6 nitrogen and oxygen atoms in total. The fourth-order valence-electron chi connectivity index (χ4n) is 2.86. The van der Waals surface area contributed by atoms with Crippen LogP contribution in [0.15, 0.2) is 28.7 Å². The first-order chi connectivity index (χ1) is 12.2. The highest BCUT2D eigenvalue weighted by molar-refractivity contribution is 8.01. The van der Waals surface area contributed by atoms with E-state index in [1.165, 1.54) is 0 Å². The molecule has 3 rings (SSSR count). The molecule has 0 spiro atoms. The fraction of sp³-hybridized carbons (Fsp3) is 0.529. The van der Waals surface area contributed by atoms with Gasteiger partial charge in [0.1, 0.15) is 10.8 Å². The number of pyridine rings is 1. The number of hydrogen-bond donors (Lipinski definition) is 1. The Morgan fingerprint density at radius 1 is 1.44 bits per heavy atom. The maximum absolute atomic E-state index is 12.4. The molecule has 3 heterocycles. The molecule has 0 bridgehead atoms. The number of nitrogens with zero attached hydrogens (tertiary/aromatic N) is 4. The Bertz CT molecular complexity index is 679. The number of thioether (sulfide) groups is 1. The van der Waals surface area contributed by atoms with Gasteiger partial charge in [-0.2, -0.15) is 0 Å². The molecule has 1 fully saturated rings. The van der Waals surface area contributed by atoms with E-state index in [4.69, 9.17) is 0 Å². The SMILES string of the molecule is Cc1nnc(SCCCNC(=O)C2CCCN(c3ccccn3)C2)s1. The van der Waals surface area contributed by atoms with Crippen LogP contribution in [-0.4, -0.2) is 46.5 Å². The van der Waals surface area contributed by atoms with Crippen LogP contribution in [0.5, 0.6) is 0 Å². The average molecular weight is 378 g/mol. The summed E-state index contributed by atoms with van der Waals surface area (Å²) in [6, 6.07) is 5.91. The van der Waals surface area contributed by atoms with Crippen molar-refractivity contribution in [3.8, 4) is 0 Å². The molecule has 0 aromatic carbocycles. The fourth-order valence-corrected chi connectivity index (χ4v) is 4.69. The maximum Gasteiger partial charge on any atom is 0.224 e. The van der Waals surface area contributed by atoms with Gasteiger partial charge in [-0.25, -0.2) is 4.98 Å². The normalized spacial score (nSPS) is 17.5. The summed E-state index contributed by atoms with van der Waals surface area (Å²) in [4.78, 5) is 19.0. The van der Waals surface area contributed by atoms with Crippen LogP contribution >= 0.6 is 23.1 Å². The molecule has 0 radical (unpaired) electrons. The van der Waals surface area contributed by atoms with E-state index in [2.05, 4.69) is 25.4 Å². The van der Waals surface area contributed by atoms with Gasteiger partial charge in [-0.15, -0.1) is 10.2 Å². The van der Waals surface area contributed by atoms with Gasteiger partial charge < -0.3 is 10.2 Å². The second-order valence-electron chi connectivity index (χ2n) is 6.05. The third-order valence-electron chi connectivity index (χ3n) is 4.12. The van der Waals surface area contributed by atoms with Gasteiger partial charge in [0.05, 0.1) is 5.92 Å². The second-order valence-corrected chi connectivity index (χ2v) is 8.58. The molecule has 1 unspecified atom stereocenters. The smallest absolute Gasteiger partial charge is 0.224 e. The Hall–Kier alpha value is -1.67. The highest BCUT2D eigenvalue weighted by Crippen LogP contribution is 2.23. The zero-order chi connectivity index (χ0) is 17.5. The maximum atomic E-state index is 12.4. The van der Waals surface area contributed by atoms with Crippen molar-refractivity contribution in [2.45, 2.75) is 30.5 Å². The van der Waals surface area contributed by atoms with E-state index in [0.29, 0.717) is 6.54 Å². The standard InChI is InChI=1S/C17H23N5OS2/c1-13-20-21-17(25-13)24-11-5-9-19-16(23)14-6-4-10-22(12-14)15-7-2-3-8-18-15/h2-3,7-8,14H,4-6,9-12H2,1H3,(H,19,23). The van der Waals surface area contributed by atoms with Crippen molar-refractivity contribution in [3.05, 3.63) is 29.4 Å². The molecule has 1 amide bonds. The van der Waals surface area contributed by atoms with Crippen LogP contribution in [0.1, 0.15) is 24.3 Å². The predicted molar refractivity (Wildman–Crippen MR) is 102 cm³/mol. The van der Waals surface area contributed by atoms with Crippen molar-refractivity contribution in [1.82, 2.24) is 20.5 Å². The molecule has 0 aliphatic carbocycles. The third kappa shape index (κ3) is 5.40. The molecule has 2 aromatic rings. The zero-order valence-electron chi connectivity index (χ0n) is 14.4. The van der Waals surface area contributed by atoms with Gasteiger partial charge in [-0.3, -0.25) is 4.79 Å². The molecule has 1 atom stereocenters. The van der Waals surface area contributed by atoms with Crippen LogP contribution in [-0.2, 0) is 4.79 Å². The van der Waals surface area contributed by atoms with E-state index >= 15 is 0 Å². The number of hydrogen-bond acceptors (Lipinski definition) is 7. The second kappa shape index (κ2) is 9.15. The monoisotopic (exact) mass is 377 g/mol. The summed E-state index contributed by atoms with van der Waals surface area (Å²) in [6.07, 6.45) is 4.72. The van der Waals surface area contributed by atoms with E-state index in [-0.39, 0.29) is 11.8 Å². The number of piperidine rings is 1. The van der Waals surface area contributed by atoms with E-state index in [1.54, 1.807) is 29.3 Å². The first-order valence-electron chi connectivity index (χ1n) is 8.59. The Kier molecular flexibility index (Phi) is 6.63. The average Bonchev–Trinajstić information content (AvgIpc) is 3.07. The summed E-state index contributed by atoms with van der Waals surface area (Å²) >= 11 is 3.32. The van der Waals surface area contributed by atoms with Crippen LogP contribution in [0.3, 0.4) is 0 Å². The van der Waals surface area contributed by atoms with Crippen LogP contribution < -0.4 is 10.2 Å². The van der Waals surface area contributed by atoms with Crippen molar-refractivity contribution in [3.63, 3.8) is 0 Å². The number of nitrogens with one attached hydrogen (secondary N) is 1. The quantitative estimate of drug-likeness (QED) is 0.591. The summed E-state index contributed by atoms with van der Waals surface area (Å²) in [5.74, 6) is 2.12. The molecule has 134 valence electrons. The van der Waals surface area contributed by atoms with Crippen LogP contribution in [0.25, 0.3) is 0 Å². The Morgan fingerprint density at radius 3 is 3.12 bits per heavy atom. The molecule has 1 aliphatic rings. The van der Waals surface area contributed by atoms with Gasteiger partial charge in [-0.1, -0.05) is 29.2 Å². The first kappa shape index (κ1) is 18.1. The number of aryl methyl sites for hydroxylation is 1. The van der Waals surface area contributed by atoms with Gasteiger partial charge >= 0.3 is 0 Å². The lowest BCUT2D eigenvalue weighted by atomic mass is 9.97. The number of carbonyl (C=O) groups is 1. The summed E-state index contributed by atoms with van der Waals surface area (Å²) < 4.78 is 1.00. The highest BCUT2D eigenvalue weighted by atomic mass is 32.2. The lowest BCUT2D eigenvalue weighted by Gasteiger charge is -2.32. The largest absolute Gasteiger partial charge is 0.356 e. The van der Waals surface area contributed by atoms with E-state index < -0.39 is 0 Å². The molecular weight excluding hydrogens is 354 g/mol. The lowest BCUT2D eigenvalue weighted by Crippen LogP contribution is -2.43. The number of carbonyl (C=O) groups excluding carboxylic acids is 1. The van der Waals surface area contributed by atoms with Gasteiger partial charge in [0, 0.05) is 31.6 Å². The van der Waals surface area contributed by atoms with Crippen LogP contribution in [0.2, 0.25) is 0 Å². The molecular formula is C17H23N5OS2. The Balaban J connectivity index is 1.37. The van der Waals surface area contributed by atoms with Gasteiger partial charge in [0.25, 0.3) is 0 Å². The van der Waals surface area contributed by atoms with Gasteiger partial charge in [-0.05, 0) is 38.3 Å². The van der Waals surface area contributed by atoms with E-state index in [0.717, 1.165) is 53.3 Å². The summed E-state index contributed by atoms with van der Waals surface area (Å²) in [5.41, 5.74) is 0. The summed E-state index contributed by atoms with van der Waals surface area (Å²) in [7, 11) is 0. The Morgan fingerprint density at radius 2 is 2.36 bits per heavy atom. The summed E-state index contributed by atoms with van der Waals surface area (Å²) in [5, 5.41) is 12.2. The van der Waals surface area contributed by atoms with Crippen LogP contribution in [0, 0.1) is 12.8 Å². The van der Waals surface area contributed by atoms with Gasteiger partial charge in [0.2, 0.25) is 5.91 Å². The molecule has 0 saturated carbocycles. The number of amides is 1. The van der Waals surface area contributed by atoms with Crippen molar-refractivity contribution >= 4 is 34.8 Å². The summed E-state index contributed by atoms with van der Waals surface area (Å²) in [6.45, 7) is 4.39. The minimum Gasteiger partial charge on any atom is -0.356 e. The molecule has 1 saturated heterocycles. The first-order valence-corrected chi connectivity index (χ1v) is 10.4. The minimum atomic E-state index is 0.0502. The highest BCUT2D eigenvalue weighted by Gasteiger charge is 2.26. The van der Waals surface area contributed by atoms with Crippen molar-refractivity contribution in [1.29, 1.82) is 0 Å². The predicted octanol–water partition coefficient (Wildman–Crippen LogP) is 2.76. The Labute approximate surface area is 156 Å². The number of aromatic nitrogens is 3. The lowest BCUT2D eigenvalue weighted by molar-refractivity contribution is -0.125. The number of anilines is 1. The zero-order valence-corrected chi connectivity index (χ0v) is 16.0. The van der Waals surface area contributed by atoms with Crippen molar-refractivity contribution < 1.29 is 4.79 Å². The van der Waals surface area contributed by atoms with Gasteiger partial charge in [0.15, 0.2) is 4.34 Å². The minimum absolute atomic E-state index is 0.0502. The van der Waals surface area contributed by atoms with Crippen LogP contribution in [0.4, 0.5) is 5.82 Å². The van der Waals surface area contributed by atoms with E-state index in [1.807, 2.05) is 25.1 Å². The molecule has 8 heteroatoms. The molecule has 25 heavy (non-hydrogen) atoms. The van der Waals surface area contributed by atoms with Crippen molar-refractivity contribution in [2.24, 2.45) is 5.92 Å². The van der Waals surface area contributed by atoms with E-state index in [9.17, 15) is 4.79 Å². The molecule has 1 aliphatic heterocycles. The topological polar surface area (TPSA) is 71.0 Å². The third-order valence-corrected chi connectivity index (χ3v) is 6.18.